The van der Waals surface area contributed by atoms with Crippen LogP contribution in [-0.4, -0.2) is 33.6 Å². The molecule has 5 rings (SSSR count). The highest BCUT2D eigenvalue weighted by molar-refractivity contribution is 8.00. The number of hydrogen-bond donors (Lipinski definition) is 1. The van der Waals surface area contributed by atoms with Gasteiger partial charge in [-0.3, -0.25) is 14.2 Å². The van der Waals surface area contributed by atoms with Gasteiger partial charge in [0, 0.05) is 22.9 Å². The third-order valence-corrected chi connectivity index (χ3v) is 8.50. The van der Waals surface area contributed by atoms with Gasteiger partial charge in [-0.1, -0.05) is 30.7 Å². The van der Waals surface area contributed by atoms with Crippen molar-refractivity contribution in [3.63, 3.8) is 0 Å². The van der Waals surface area contributed by atoms with Gasteiger partial charge in [0.05, 0.1) is 24.1 Å². The minimum Gasteiger partial charge on any atom is -0.497 e. The molecule has 2 aromatic carbocycles. The molecule has 3 aromatic rings. The molecule has 2 aliphatic rings. The molecule has 1 aliphatic heterocycles. The first-order valence-corrected chi connectivity index (χ1v) is 13.1. The summed E-state index contributed by atoms with van der Waals surface area (Å²) in [6.45, 7) is 0. The second-order valence-corrected chi connectivity index (χ2v) is 10.5. The zero-order valence-electron chi connectivity index (χ0n) is 18.6. The molecule has 1 N–H and O–H groups in total. The van der Waals surface area contributed by atoms with Crippen LogP contribution in [0.5, 0.6) is 5.75 Å². The third-order valence-electron chi connectivity index (χ3n) is 6.16. The Morgan fingerprint density at radius 3 is 2.82 bits per heavy atom. The van der Waals surface area contributed by atoms with Crippen molar-refractivity contribution >= 4 is 35.1 Å². The van der Waals surface area contributed by atoms with E-state index in [2.05, 4.69) is 5.32 Å². The Labute approximate surface area is 205 Å². The fraction of sp³-hybridized carbons (Fsp3) is 0.320. The molecule has 0 spiro atoms. The number of thioether (sulfide) groups is 2. The monoisotopic (exact) mass is 497 g/mol. The van der Waals surface area contributed by atoms with Crippen molar-refractivity contribution in [3.05, 3.63) is 70.3 Å². The Morgan fingerprint density at radius 1 is 1.24 bits per heavy atom. The number of nitrogens with zero attached hydrogens (tertiary/aromatic N) is 2. The van der Waals surface area contributed by atoms with E-state index in [0.29, 0.717) is 27.5 Å². The maximum atomic E-state index is 13.7. The molecule has 0 bridgehead atoms. The number of nitrogens with one attached hydrogen (secondary N) is 1. The summed E-state index contributed by atoms with van der Waals surface area (Å²) in [4.78, 5) is 31.2. The lowest BCUT2D eigenvalue weighted by molar-refractivity contribution is -0.113. The van der Waals surface area contributed by atoms with Crippen LogP contribution >= 0.6 is 23.5 Å². The van der Waals surface area contributed by atoms with E-state index >= 15 is 0 Å². The Balaban J connectivity index is 1.45. The van der Waals surface area contributed by atoms with E-state index in [-0.39, 0.29) is 29.0 Å². The number of carbonyl (C=O) groups excluding carboxylic acids is 1. The first-order chi connectivity index (χ1) is 16.5. The minimum absolute atomic E-state index is 0.0706. The molecule has 2 atom stereocenters. The first-order valence-electron chi connectivity index (χ1n) is 11.2. The summed E-state index contributed by atoms with van der Waals surface area (Å²) in [5.41, 5.74) is 1.82. The summed E-state index contributed by atoms with van der Waals surface area (Å²) in [6.07, 6.45) is 4.34. The largest absolute Gasteiger partial charge is 0.497 e. The summed E-state index contributed by atoms with van der Waals surface area (Å²) in [5.74, 6) is 0.326. The van der Waals surface area contributed by atoms with Crippen molar-refractivity contribution in [1.82, 2.24) is 9.55 Å². The van der Waals surface area contributed by atoms with Gasteiger partial charge in [-0.2, -0.15) is 0 Å². The van der Waals surface area contributed by atoms with Crippen LogP contribution in [0.3, 0.4) is 0 Å². The molecule has 2 heterocycles. The third kappa shape index (κ3) is 4.59. The summed E-state index contributed by atoms with van der Waals surface area (Å²) in [5, 5.41) is 4.44. The van der Waals surface area contributed by atoms with Crippen molar-refractivity contribution in [2.75, 3.05) is 18.2 Å². The van der Waals surface area contributed by atoms with Crippen molar-refractivity contribution in [2.24, 2.45) is 0 Å². The van der Waals surface area contributed by atoms with Crippen LogP contribution in [0, 0.1) is 5.82 Å². The molecule has 0 unspecified atom stereocenters. The van der Waals surface area contributed by atoms with Crippen molar-refractivity contribution in [2.45, 2.75) is 47.0 Å². The van der Waals surface area contributed by atoms with Crippen LogP contribution in [0.25, 0.3) is 5.69 Å². The van der Waals surface area contributed by atoms with Gasteiger partial charge in [-0.15, -0.1) is 11.8 Å². The first kappa shape index (κ1) is 23.0. The SMILES string of the molecule is COc1cccc(NC(=O)CSc2nc3c(c(=O)n2-c2ccc(F)cc2)[C@@H]2CCCC[C@@H]2S3)c1. The molecule has 34 heavy (non-hydrogen) atoms. The molecule has 0 radical (unpaired) electrons. The lowest BCUT2D eigenvalue weighted by atomic mass is 9.85. The van der Waals surface area contributed by atoms with Gasteiger partial charge in [0.15, 0.2) is 5.16 Å². The fourth-order valence-corrected chi connectivity index (χ4v) is 6.93. The van der Waals surface area contributed by atoms with Gasteiger partial charge in [-0.25, -0.2) is 9.37 Å². The molecule has 6 nitrogen and oxygen atoms in total. The van der Waals surface area contributed by atoms with E-state index in [1.54, 1.807) is 55.3 Å². The molecule has 176 valence electrons. The van der Waals surface area contributed by atoms with Crippen LogP contribution < -0.4 is 15.6 Å². The Bertz CT molecular complexity index is 1280. The van der Waals surface area contributed by atoms with E-state index in [0.717, 1.165) is 29.9 Å². The number of rotatable bonds is 6. The topological polar surface area (TPSA) is 73.2 Å². The number of aromatic nitrogens is 2. The average molecular weight is 498 g/mol. The Hall–Kier alpha value is -2.78. The highest BCUT2D eigenvalue weighted by atomic mass is 32.2. The van der Waals surface area contributed by atoms with Crippen LogP contribution in [0.4, 0.5) is 10.1 Å². The number of carbonyl (C=O) groups is 1. The molecule has 0 saturated heterocycles. The lowest BCUT2D eigenvalue weighted by Crippen LogP contribution is -2.29. The lowest BCUT2D eigenvalue weighted by Gasteiger charge is -2.24. The van der Waals surface area contributed by atoms with Crippen molar-refractivity contribution < 1.29 is 13.9 Å². The fourth-order valence-electron chi connectivity index (χ4n) is 4.56. The predicted molar refractivity (Wildman–Crippen MR) is 133 cm³/mol. The van der Waals surface area contributed by atoms with Crippen LogP contribution in [0.15, 0.2) is 63.5 Å². The van der Waals surface area contributed by atoms with E-state index in [9.17, 15) is 14.0 Å². The maximum Gasteiger partial charge on any atom is 0.263 e. The highest BCUT2D eigenvalue weighted by Crippen LogP contribution is 2.50. The summed E-state index contributed by atoms with van der Waals surface area (Å²) in [7, 11) is 1.57. The van der Waals surface area contributed by atoms with E-state index in [4.69, 9.17) is 9.72 Å². The zero-order chi connectivity index (χ0) is 23.7. The number of hydrogen-bond acceptors (Lipinski definition) is 6. The zero-order valence-corrected chi connectivity index (χ0v) is 20.3. The number of halogens is 1. The van der Waals surface area contributed by atoms with E-state index in [1.807, 2.05) is 0 Å². The van der Waals surface area contributed by atoms with E-state index in [1.165, 1.54) is 34.9 Å². The minimum atomic E-state index is -0.374. The highest BCUT2D eigenvalue weighted by Gasteiger charge is 2.39. The second kappa shape index (κ2) is 9.84. The predicted octanol–water partition coefficient (Wildman–Crippen LogP) is 5.24. The number of methoxy groups -OCH3 is 1. The molecule has 1 aromatic heterocycles. The molecule has 1 saturated carbocycles. The number of fused-ring (bicyclic) bond motifs is 3. The molecule has 1 aliphatic carbocycles. The normalized spacial score (nSPS) is 18.8. The van der Waals surface area contributed by atoms with Crippen LogP contribution in [0.2, 0.25) is 0 Å². The summed E-state index contributed by atoms with van der Waals surface area (Å²) in [6, 6.07) is 12.9. The van der Waals surface area contributed by atoms with Gasteiger partial charge in [-0.05, 0) is 49.2 Å². The van der Waals surface area contributed by atoms with Crippen molar-refractivity contribution in [1.29, 1.82) is 0 Å². The second-order valence-electron chi connectivity index (χ2n) is 8.35. The maximum absolute atomic E-state index is 13.7. The van der Waals surface area contributed by atoms with Crippen LogP contribution in [-0.2, 0) is 4.79 Å². The summed E-state index contributed by atoms with van der Waals surface area (Å²) >= 11 is 2.88. The molecule has 1 fully saturated rings. The number of ether oxygens (including phenoxy) is 1. The van der Waals surface area contributed by atoms with Crippen molar-refractivity contribution in [3.8, 4) is 11.4 Å². The van der Waals surface area contributed by atoms with Gasteiger partial charge in [0.1, 0.15) is 16.6 Å². The molecular weight excluding hydrogens is 473 g/mol. The number of anilines is 1. The van der Waals surface area contributed by atoms with E-state index < -0.39 is 0 Å². The van der Waals surface area contributed by atoms with Gasteiger partial charge >= 0.3 is 0 Å². The molecule has 9 heteroatoms. The van der Waals surface area contributed by atoms with Gasteiger partial charge in [0.2, 0.25) is 5.91 Å². The van der Waals surface area contributed by atoms with Gasteiger partial charge in [0.25, 0.3) is 5.56 Å². The smallest absolute Gasteiger partial charge is 0.263 e. The molecule has 1 amide bonds. The Morgan fingerprint density at radius 2 is 2.03 bits per heavy atom. The average Bonchev–Trinajstić information content (AvgIpc) is 3.22. The summed E-state index contributed by atoms with van der Waals surface area (Å²) < 4.78 is 20.3. The van der Waals surface area contributed by atoms with Crippen LogP contribution in [0.1, 0.15) is 37.2 Å². The Kier molecular flexibility index (Phi) is 6.65. The number of benzene rings is 2. The standard InChI is InChI=1S/C25H24FN3O3S2/c1-32-18-6-4-5-16(13-18)27-21(30)14-33-25-28-23-22(19-7-2-3-8-20(19)34-23)24(31)29(25)17-11-9-15(26)10-12-17/h4-6,9-13,19-20H,2-3,7-8,14H2,1H3,(H,27,30)/t19-,20+/m1/s1. The quantitative estimate of drug-likeness (QED) is 0.285. The molecular formula is C25H24FN3O3S2. The number of amides is 1. The van der Waals surface area contributed by atoms with Gasteiger partial charge < -0.3 is 10.1 Å².